The average Bonchev–Trinajstić information content (AvgIpc) is 2.46. The molecule has 0 bridgehead atoms. The van der Waals surface area contributed by atoms with Gasteiger partial charge in [0.15, 0.2) is 0 Å². The molecule has 0 amide bonds. The van der Waals surface area contributed by atoms with Gasteiger partial charge in [-0.05, 0) is 21.0 Å². The van der Waals surface area contributed by atoms with Crippen LogP contribution in [-0.4, -0.2) is 35.2 Å². The van der Waals surface area contributed by atoms with E-state index in [2.05, 4.69) is 5.16 Å². The number of hydrogen-bond donors (Lipinski definition) is 1. The van der Waals surface area contributed by atoms with Crippen LogP contribution in [0.15, 0.2) is 10.8 Å². The molecular weight excluding hydrogens is 184 g/mol. The van der Waals surface area contributed by atoms with Crippen molar-refractivity contribution in [3.8, 4) is 0 Å². The van der Waals surface area contributed by atoms with Gasteiger partial charge in [0.2, 0.25) is 0 Å². The third kappa shape index (κ3) is 2.32. The second kappa shape index (κ2) is 4.23. The number of nitrogens with zero attached hydrogens (tertiary/aromatic N) is 2. The molecule has 0 saturated heterocycles. The number of rotatable bonds is 4. The van der Waals surface area contributed by atoms with Crippen LogP contribution in [0, 0.1) is 6.92 Å². The highest BCUT2D eigenvalue weighted by Gasteiger charge is 2.21. The Morgan fingerprint density at radius 1 is 1.71 bits per heavy atom. The van der Waals surface area contributed by atoms with Crippen molar-refractivity contribution >= 4 is 5.97 Å². The molecule has 0 saturated carbocycles. The van der Waals surface area contributed by atoms with E-state index in [0.717, 1.165) is 11.3 Å². The van der Waals surface area contributed by atoms with E-state index in [9.17, 15) is 4.79 Å². The summed E-state index contributed by atoms with van der Waals surface area (Å²) >= 11 is 0. The molecule has 78 valence electrons. The van der Waals surface area contributed by atoms with Crippen LogP contribution >= 0.6 is 0 Å². The van der Waals surface area contributed by atoms with Crippen LogP contribution in [0.4, 0.5) is 0 Å². The number of aliphatic carboxylic acids is 1. The summed E-state index contributed by atoms with van der Waals surface area (Å²) in [7, 11) is 3.67. The lowest BCUT2D eigenvalue weighted by Crippen LogP contribution is -2.23. The molecule has 0 fully saturated rings. The molecule has 1 aromatic heterocycles. The van der Waals surface area contributed by atoms with Crippen molar-refractivity contribution in [3.05, 3.63) is 17.5 Å². The third-order valence-corrected chi connectivity index (χ3v) is 2.14. The Balaban J connectivity index is 2.88. The van der Waals surface area contributed by atoms with Gasteiger partial charge >= 0.3 is 5.97 Å². The van der Waals surface area contributed by atoms with Crippen molar-refractivity contribution in [2.45, 2.75) is 19.4 Å². The molecule has 0 aliphatic heterocycles. The van der Waals surface area contributed by atoms with E-state index >= 15 is 0 Å². The largest absolute Gasteiger partial charge is 0.481 e. The zero-order valence-corrected chi connectivity index (χ0v) is 8.52. The summed E-state index contributed by atoms with van der Waals surface area (Å²) in [6, 6.07) is -0.182. The van der Waals surface area contributed by atoms with Gasteiger partial charge < -0.3 is 14.5 Å². The zero-order chi connectivity index (χ0) is 10.7. The van der Waals surface area contributed by atoms with E-state index in [0.29, 0.717) is 0 Å². The summed E-state index contributed by atoms with van der Waals surface area (Å²) < 4.78 is 4.79. The standard InChI is InChI=1S/C9H14N2O3/c1-6-7(5-14-10-6)8(11(2)3)4-9(12)13/h5,8H,4H2,1-3H3,(H,12,13). The SMILES string of the molecule is Cc1nocc1C(CC(=O)O)N(C)C. The molecular formula is C9H14N2O3. The highest BCUT2D eigenvalue weighted by Crippen LogP contribution is 2.24. The molecule has 5 nitrogen and oxygen atoms in total. The molecule has 1 rings (SSSR count). The molecule has 0 aromatic carbocycles. The lowest BCUT2D eigenvalue weighted by Gasteiger charge is -2.21. The Morgan fingerprint density at radius 2 is 2.36 bits per heavy atom. The molecule has 14 heavy (non-hydrogen) atoms. The zero-order valence-electron chi connectivity index (χ0n) is 8.52. The lowest BCUT2D eigenvalue weighted by molar-refractivity contribution is -0.138. The van der Waals surface area contributed by atoms with Gasteiger partial charge in [-0.1, -0.05) is 5.16 Å². The number of carbonyl (C=O) groups is 1. The minimum absolute atomic E-state index is 0.0506. The lowest BCUT2D eigenvalue weighted by atomic mass is 10.0. The highest BCUT2D eigenvalue weighted by atomic mass is 16.5. The second-order valence-electron chi connectivity index (χ2n) is 3.43. The van der Waals surface area contributed by atoms with Gasteiger partial charge in [-0.15, -0.1) is 0 Å². The second-order valence-corrected chi connectivity index (χ2v) is 3.43. The minimum atomic E-state index is -0.829. The first kappa shape index (κ1) is 10.7. The van der Waals surface area contributed by atoms with Crippen molar-refractivity contribution in [1.82, 2.24) is 10.1 Å². The molecule has 0 aliphatic carbocycles. The summed E-state index contributed by atoms with van der Waals surface area (Å²) in [6.07, 6.45) is 1.55. The smallest absolute Gasteiger partial charge is 0.305 e. The number of aryl methyl sites for hydroxylation is 1. The van der Waals surface area contributed by atoms with Crippen molar-refractivity contribution in [2.24, 2.45) is 0 Å². The summed E-state index contributed by atoms with van der Waals surface area (Å²) in [5, 5.41) is 12.5. The van der Waals surface area contributed by atoms with Crippen molar-refractivity contribution in [2.75, 3.05) is 14.1 Å². The van der Waals surface area contributed by atoms with Crippen LogP contribution in [0.1, 0.15) is 23.7 Å². The highest BCUT2D eigenvalue weighted by molar-refractivity contribution is 5.67. The van der Waals surface area contributed by atoms with Gasteiger partial charge in [-0.2, -0.15) is 0 Å². The molecule has 0 radical (unpaired) electrons. The maximum atomic E-state index is 10.6. The minimum Gasteiger partial charge on any atom is -0.481 e. The van der Waals surface area contributed by atoms with E-state index in [1.54, 1.807) is 6.92 Å². The third-order valence-electron chi connectivity index (χ3n) is 2.14. The van der Waals surface area contributed by atoms with E-state index in [-0.39, 0.29) is 12.5 Å². The van der Waals surface area contributed by atoms with E-state index in [4.69, 9.17) is 9.63 Å². The summed E-state index contributed by atoms with van der Waals surface area (Å²) in [4.78, 5) is 12.5. The Morgan fingerprint density at radius 3 is 2.71 bits per heavy atom. The fraction of sp³-hybridized carbons (Fsp3) is 0.556. The first-order valence-electron chi connectivity index (χ1n) is 4.31. The summed E-state index contributed by atoms with van der Waals surface area (Å²) in [6.45, 7) is 1.80. The maximum absolute atomic E-state index is 10.6. The van der Waals surface area contributed by atoms with E-state index < -0.39 is 5.97 Å². The number of carboxylic acid groups (broad SMARTS) is 1. The first-order valence-corrected chi connectivity index (χ1v) is 4.31. The molecule has 5 heteroatoms. The van der Waals surface area contributed by atoms with Crippen LogP contribution < -0.4 is 0 Å². The Hall–Kier alpha value is -1.36. The Kier molecular flexibility index (Phi) is 3.24. The number of hydrogen-bond acceptors (Lipinski definition) is 4. The van der Waals surface area contributed by atoms with Gasteiger partial charge in [0.25, 0.3) is 0 Å². The quantitative estimate of drug-likeness (QED) is 0.783. The monoisotopic (exact) mass is 198 g/mol. The van der Waals surface area contributed by atoms with Crippen LogP contribution in [-0.2, 0) is 4.79 Å². The van der Waals surface area contributed by atoms with Gasteiger partial charge in [-0.25, -0.2) is 0 Å². The van der Waals surface area contributed by atoms with Crippen LogP contribution in [0.25, 0.3) is 0 Å². The summed E-state index contributed by atoms with van der Waals surface area (Å²) in [5.41, 5.74) is 1.57. The number of carboxylic acids is 1. The maximum Gasteiger partial charge on any atom is 0.305 e. The van der Waals surface area contributed by atoms with E-state index in [1.165, 1.54) is 6.26 Å². The van der Waals surface area contributed by atoms with Gasteiger partial charge in [0.1, 0.15) is 6.26 Å². The molecule has 0 aliphatic rings. The van der Waals surface area contributed by atoms with E-state index in [1.807, 2.05) is 19.0 Å². The molecule has 1 heterocycles. The van der Waals surface area contributed by atoms with Crippen molar-refractivity contribution < 1.29 is 14.4 Å². The van der Waals surface area contributed by atoms with Gasteiger partial charge in [-0.3, -0.25) is 4.79 Å². The summed E-state index contributed by atoms with van der Waals surface area (Å²) in [5.74, 6) is -0.829. The van der Waals surface area contributed by atoms with Crippen LogP contribution in [0.3, 0.4) is 0 Å². The van der Waals surface area contributed by atoms with Gasteiger partial charge in [0, 0.05) is 11.6 Å². The molecule has 0 spiro atoms. The predicted molar refractivity (Wildman–Crippen MR) is 49.9 cm³/mol. The first-order chi connectivity index (χ1) is 6.52. The molecule has 1 unspecified atom stereocenters. The van der Waals surface area contributed by atoms with Crippen molar-refractivity contribution in [1.29, 1.82) is 0 Å². The predicted octanol–water partition coefficient (Wildman–Crippen LogP) is 1.06. The topological polar surface area (TPSA) is 66.6 Å². The number of aromatic nitrogens is 1. The fourth-order valence-electron chi connectivity index (χ4n) is 1.36. The van der Waals surface area contributed by atoms with Crippen molar-refractivity contribution in [3.63, 3.8) is 0 Å². The Bertz CT molecular complexity index is 320. The van der Waals surface area contributed by atoms with Crippen LogP contribution in [0.2, 0.25) is 0 Å². The van der Waals surface area contributed by atoms with Gasteiger partial charge in [0.05, 0.1) is 12.1 Å². The Labute approximate surface area is 82.3 Å². The molecule has 1 N–H and O–H groups in total. The average molecular weight is 198 g/mol. The fourth-order valence-corrected chi connectivity index (χ4v) is 1.36. The van der Waals surface area contributed by atoms with Crippen LogP contribution in [0.5, 0.6) is 0 Å². The molecule has 1 aromatic rings. The normalized spacial score (nSPS) is 13.1. The molecule has 1 atom stereocenters.